The lowest BCUT2D eigenvalue weighted by Crippen LogP contribution is -2.10. The average molecular weight is 242 g/mol. The number of nitrogens with zero attached hydrogens (tertiary/aromatic N) is 1. The first-order chi connectivity index (χ1) is 8.69. The molecule has 1 aromatic carbocycles. The third kappa shape index (κ3) is 2.85. The third-order valence-electron chi connectivity index (χ3n) is 2.57. The van der Waals surface area contributed by atoms with Crippen molar-refractivity contribution in [1.29, 1.82) is 0 Å². The molecular formula is C14H14N2O2. The topological polar surface area (TPSA) is 65.2 Å². The highest BCUT2D eigenvalue weighted by molar-refractivity contribution is 5.92. The summed E-state index contributed by atoms with van der Waals surface area (Å²) in [5, 5.41) is 0. The van der Waals surface area contributed by atoms with Gasteiger partial charge in [0.15, 0.2) is 0 Å². The summed E-state index contributed by atoms with van der Waals surface area (Å²) >= 11 is 0. The standard InChI is InChI=1S/C14H14N2O2/c1-2-10-3-6-12(7-4-10)18-13-8-5-11(9-16-13)14(15)17/h3-9H,2H2,1H3,(H2,15,17). The summed E-state index contributed by atoms with van der Waals surface area (Å²) in [5.74, 6) is 0.650. The number of benzene rings is 1. The van der Waals surface area contributed by atoms with Gasteiger partial charge in [0.1, 0.15) is 5.75 Å². The zero-order valence-electron chi connectivity index (χ0n) is 10.1. The van der Waals surface area contributed by atoms with Gasteiger partial charge in [0.2, 0.25) is 11.8 Å². The summed E-state index contributed by atoms with van der Waals surface area (Å²) in [7, 11) is 0. The van der Waals surface area contributed by atoms with Crippen molar-refractivity contribution in [3.05, 3.63) is 53.7 Å². The molecule has 2 aromatic rings. The largest absolute Gasteiger partial charge is 0.439 e. The Morgan fingerprint density at radius 2 is 1.94 bits per heavy atom. The lowest BCUT2D eigenvalue weighted by molar-refractivity contribution is 0.1000. The maximum absolute atomic E-state index is 10.9. The Morgan fingerprint density at radius 3 is 2.44 bits per heavy atom. The van der Waals surface area contributed by atoms with Crippen molar-refractivity contribution in [2.75, 3.05) is 0 Å². The summed E-state index contributed by atoms with van der Waals surface area (Å²) in [5.41, 5.74) is 6.74. The summed E-state index contributed by atoms with van der Waals surface area (Å²) in [6.07, 6.45) is 2.39. The predicted octanol–water partition coefficient (Wildman–Crippen LogP) is 2.54. The van der Waals surface area contributed by atoms with Gasteiger partial charge in [-0.25, -0.2) is 4.98 Å². The summed E-state index contributed by atoms with van der Waals surface area (Å²) in [6.45, 7) is 2.10. The number of primary amides is 1. The molecule has 0 saturated carbocycles. The van der Waals surface area contributed by atoms with Crippen molar-refractivity contribution < 1.29 is 9.53 Å². The molecule has 4 heteroatoms. The number of rotatable bonds is 4. The van der Waals surface area contributed by atoms with Gasteiger partial charge in [-0.05, 0) is 30.2 Å². The molecule has 0 aliphatic heterocycles. The third-order valence-corrected chi connectivity index (χ3v) is 2.57. The molecule has 2 rings (SSSR count). The number of carbonyl (C=O) groups is 1. The second kappa shape index (κ2) is 5.31. The number of hydrogen-bond acceptors (Lipinski definition) is 3. The molecule has 2 N–H and O–H groups in total. The molecule has 1 amide bonds. The average Bonchev–Trinajstić information content (AvgIpc) is 2.40. The van der Waals surface area contributed by atoms with Gasteiger partial charge in [0.25, 0.3) is 0 Å². The van der Waals surface area contributed by atoms with Gasteiger partial charge < -0.3 is 10.5 Å². The number of nitrogens with two attached hydrogens (primary N) is 1. The number of aromatic nitrogens is 1. The van der Waals surface area contributed by atoms with Crippen LogP contribution in [0.2, 0.25) is 0 Å². The lowest BCUT2D eigenvalue weighted by atomic mass is 10.2. The van der Waals surface area contributed by atoms with Crippen molar-refractivity contribution in [3.8, 4) is 11.6 Å². The summed E-state index contributed by atoms with van der Waals surface area (Å²) in [4.78, 5) is 14.9. The van der Waals surface area contributed by atoms with Gasteiger partial charge in [0.05, 0.1) is 5.56 Å². The normalized spacial score (nSPS) is 10.1. The van der Waals surface area contributed by atoms with Crippen molar-refractivity contribution >= 4 is 5.91 Å². The van der Waals surface area contributed by atoms with Gasteiger partial charge in [-0.15, -0.1) is 0 Å². The first kappa shape index (κ1) is 12.1. The van der Waals surface area contributed by atoms with Gasteiger partial charge >= 0.3 is 0 Å². The Balaban J connectivity index is 2.10. The van der Waals surface area contributed by atoms with Crippen molar-refractivity contribution in [3.63, 3.8) is 0 Å². The van der Waals surface area contributed by atoms with Gasteiger partial charge in [-0.2, -0.15) is 0 Å². The van der Waals surface area contributed by atoms with E-state index in [0.717, 1.165) is 6.42 Å². The zero-order chi connectivity index (χ0) is 13.0. The molecular weight excluding hydrogens is 228 g/mol. The minimum Gasteiger partial charge on any atom is -0.439 e. The maximum atomic E-state index is 10.9. The Hall–Kier alpha value is -2.36. The fourth-order valence-corrected chi connectivity index (χ4v) is 1.50. The van der Waals surface area contributed by atoms with E-state index in [2.05, 4.69) is 11.9 Å². The van der Waals surface area contributed by atoms with E-state index in [-0.39, 0.29) is 0 Å². The molecule has 92 valence electrons. The van der Waals surface area contributed by atoms with Crippen LogP contribution in [0.4, 0.5) is 0 Å². The highest BCUT2D eigenvalue weighted by Gasteiger charge is 2.02. The number of carbonyl (C=O) groups excluding carboxylic acids is 1. The molecule has 0 bridgehead atoms. The van der Waals surface area contributed by atoms with E-state index in [1.54, 1.807) is 12.1 Å². The van der Waals surface area contributed by atoms with Crippen LogP contribution < -0.4 is 10.5 Å². The molecule has 0 unspecified atom stereocenters. The van der Waals surface area contributed by atoms with Crippen molar-refractivity contribution in [2.24, 2.45) is 5.73 Å². The van der Waals surface area contributed by atoms with E-state index >= 15 is 0 Å². The highest BCUT2D eigenvalue weighted by Crippen LogP contribution is 2.19. The quantitative estimate of drug-likeness (QED) is 0.895. The van der Waals surface area contributed by atoms with Crippen LogP contribution in [0.25, 0.3) is 0 Å². The van der Waals surface area contributed by atoms with E-state index < -0.39 is 5.91 Å². The Labute approximate surface area is 105 Å². The Kier molecular flexibility index (Phi) is 3.57. The molecule has 0 aliphatic carbocycles. The van der Waals surface area contributed by atoms with Crippen LogP contribution in [-0.2, 0) is 6.42 Å². The zero-order valence-corrected chi connectivity index (χ0v) is 10.1. The van der Waals surface area contributed by atoms with Crippen LogP contribution in [0.1, 0.15) is 22.8 Å². The SMILES string of the molecule is CCc1ccc(Oc2ccc(C(N)=O)cn2)cc1. The van der Waals surface area contributed by atoms with Gasteiger partial charge in [0, 0.05) is 12.3 Å². The fraction of sp³-hybridized carbons (Fsp3) is 0.143. The van der Waals surface area contributed by atoms with E-state index in [0.29, 0.717) is 17.2 Å². The second-order valence-corrected chi connectivity index (χ2v) is 3.85. The van der Waals surface area contributed by atoms with E-state index in [4.69, 9.17) is 10.5 Å². The number of pyridine rings is 1. The monoisotopic (exact) mass is 242 g/mol. The molecule has 0 fully saturated rings. The first-order valence-corrected chi connectivity index (χ1v) is 5.71. The summed E-state index contributed by atoms with van der Waals surface area (Å²) in [6, 6.07) is 11.0. The summed E-state index contributed by atoms with van der Waals surface area (Å²) < 4.78 is 5.55. The number of amides is 1. The lowest BCUT2D eigenvalue weighted by Gasteiger charge is -2.05. The van der Waals surface area contributed by atoms with E-state index in [1.165, 1.54) is 11.8 Å². The smallest absolute Gasteiger partial charge is 0.250 e. The Morgan fingerprint density at radius 1 is 1.22 bits per heavy atom. The van der Waals surface area contributed by atoms with Gasteiger partial charge in [-0.1, -0.05) is 19.1 Å². The predicted molar refractivity (Wildman–Crippen MR) is 68.6 cm³/mol. The molecule has 1 heterocycles. The molecule has 0 atom stereocenters. The molecule has 0 spiro atoms. The Bertz CT molecular complexity index is 533. The molecule has 0 radical (unpaired) electrons. The van der Waals surface area contributed by atoms with Crippen molar-refractivity contribution in [2.45, 2.75) is 13.3 Å². The van der Waals surface area contributed by atoms with Crippen LogP contribution in [0.3, 0.4) is 0 Å². The van der Waals surface area contributed by atoms with Crippen LogP contribution in [-0.4, -0.2) is 10.9 Å². The minimum absolute atomic E-state index is 0.365. The number of aryl methyl sites for hydroxylation is 1. The number of ether oxygens (including phenoxy) is 1. The van der Waals surface area contributed by atoms with E-state index in [9.17, 15) is 4.79 Å². The highest BCUT2D eigenvalue weighted by atomic mass is 16.5. The molecule has 1 aromatic heterocycles. The molecule has 4 nitrogen and oxygen atoms in total. The first-order valence-electron chi connectivity index (χ1n) is 5.71. The van der Waals surface area contributed by atoms with Crippen molar-refractivity contribution in [1.82, 2.24) is 4.98 Å². The molecule has 0 aliphatic rings. The van der Waals surface area contributed by atoms with E-state index in [1.807, 2.05) is 24.3 Å². The molecule has 18 heavy (non-hydrogen) atoms. The number of hydrogen-bond donors (Lipinski definition) is 1. The van der Waals surface area contributed by atoms with Crippen LogP contribution in [0, 0.1) is 0 Å². The second-order valence-electron chi connectivity index (χ2n) is 3.85. The maximum Gasteiger partial charge on any atom is 0.250 e. The van der Waals surface area contributed by atoms with Gasteiger partial charge in [-0.3, -0.25) is 4.79 Å². The van der Waals surface area contributed by atoms with Crippen LogP contribution >= 0.6 is 0 Å². The molecule has 0 saturated heterocycles. The van der Waals surface area contributed by atoms with Crippen LogP contribution in [0.15, 0.2) is 42.6 Å². The van der Waals surface area contributed by atoms with Crippen LogP contribution in [0.5, 0.6) is 11.6 Å². The fourth-order valence-electron chi connectivity index (χ4n) is 1.50. The minimum atomic E-state index is -0.499.